The van der Waals surface area contributed by atoms with Gasteiger partial charge in [0.05, 0.1) is 23.6 Å². The van der Waals surface area contributed by atoms with Gasteiger partial charge in [0, 0.05) is 12.1 Å². The first kappa shape index (κ1) is 19.5. The Hall–Kier alpha value is -2.25. The van der Waals surface area contributed by atoms with Crippen molar-refractivity contribution in [2.24, 2.45) is 7.05 Å². The summed E-state index contributed by atoms with van der Waals surface area (Å²) in [4.78, 5) is 12.4. The van der Waals surface area contributed by atoms with Crippen LogP contribution in [0.15, 0.2) is 46.2 Å². The topological polar surface area (TPSA) is 73.0 Å². The van der Waals surface area contributed by atoms with Crippen LogP contribution in [-0.4, -0.2) is 26.4 Å². The Bertz CT molecular complexity index is 920. The molecule has 0 fully saturated rings. The fraction of sp³-hybridized carbons (Fsp3) is 0.316. The lowest BCUT2D eigenvalue weighted by Gasteiger charge is -2.17. The number of nitrogens with zero attached hydrogens (tertiary/aromatic N) is 3. The molecule has 1 amide bonds. The van der Waals surface area contributed by atoms with E-state index in [1.165, 1.54) is 11.8 Å². The normalized spacial score (nSPS) is 12.1. The number of benzene rings is 1. The summed E-state index contributed by atoms with van der Waals surface area (Å²) in [7, 11) is 1.88. The number of nitrogens with one attached hydrogen (secondary N) is 1. The highest BCUT2D eigenvalue weighted by Crippen LogP contribution is 2.26. The largest absolute Gasteiger partial charge is 0.469 e. The van der Waals surface area contributed by atoms with E-state index in [2.05, 4.69) is 15.5 Å². The highest BCUT2D eigenvalue weighted by atomic mass is 35.5. The molecule has 27 heavy (non-hydrogen) atoms. The minimum atomic E-state index is -0.0501. The molecule has 0 aliphatic rings. The van der Waals surface area contributed by atoms with Crippen molar-refractivity contribution in [1.29, 1.82) is 0 Å². The van der Waals surface area contributed by atoms with E-state index in [4.69, 9.17) is 16.0 Å². The van der Waals surface area contributed by atoms with E-state index in [-0.39, 0.29) is 17.7 Å². The summed E-state index contributed by atoms with van der Waals surface area (Å²) in [6.07, 6.45) is 2.42. The molecule has 0 aliphatic heterocycles. The van der Waals surface area contributed by atoms with Crippen molar-refractivity contribution in [1.82, 2.24) is 20.1 Å². The van der Waals surface area contributed by atoms with Gasteiger partial charge in [-0.2, -0.15) is 0 Å². The predicted molar refractivity (Wildman–Crippen MR) is 107 cm³/mol. The summed E-state index contributed by atoms with van der Waals surface area (Å²) in [5, 5.41) is 12.8. The summed E-state index contributed by atoms with van der Waals surface area (Å²) in [5.74, 6) is 1.72. The summed E-state index contributed by atoms with van der Waals surface area (Å²) in [5.41, 5.74) is 1.94. The summed E-state index contributed by atoms with van der Waals surface area (Å²) in [6.45, 7) is 3.92. The van der Waals surface area contributed by atoms with Crippen LogP contribution in [0.4, 0.5) is 0 Å². The molecule has 1 unspecified atom stereocenters. The van der Waals surface area contributed by atoms with Crippen molar-refractivity contribution < 1.29 is 9.21 Å². The highest BCUT2D eigenvalue weighted by Gasteiger charge is 2.17. The first-order chi connectivity index (χ1) is 13.0. The van der Waals surface area contributed by atoms with Gasteiger partial charge in [-0.1, -0.05) is 42.4 Å². The molecule has 2 aromatic heterocycles. The Morgan fingerprint density at radius 1 is 1.30 bits per heavy atom. The minimum Gasteiger partial charge on any atom is -0.469 e. The Kier molecular flexibility index (Phi) is 6.23. The zero-order valence-electron chi connectivity index (χ0n) is 15.4. The maximum atomic E-state index is 12.4. The van der Waals surface area contributed by atoms with Gasteiger partial charge in [0.25, 0.3) is 0 Å². The number of amides is 1. The van der Waals surface area contributed by atoms with Crippen molar-refractivity contribution in [3.63, 3.8) is 0 Å². The van der Waals surface area contributed by atoms with Crippen molar-refractivity contribution in [2.75, 3.05) is 5.75 Å². The fourth-order valence-electron chi connectivity index (χ4n) is 2.77. The molecule has 3 aromatic rings. The van der Waals surface area contributed by atoms with Gasteiger partial charge in [-0.15, -0.1) is 10.2 Å². The van der Waals surface area contributed by atoms with Crippen LogP contribution in [0.25, 0.3) is 11.4 Å². The SMILES string of the molecule is CCC(NC(=O)CSc1nnc(-c2ccoc2C)n1C)c1ccc(Cl)cc1. The van der Waals surface area contributed by atoms with Crippen LogP contribution >= 0.6 is 23.4 Å². The molecule has 1 N–H and O–H groups in total. The van der Waals surface area contributed by atoms with Gasteiger partial charge in [-0.25, -0.2) is 0 Å². The van der Waals surface area contributed by atoms with Crippen molar-refractivity contribution >= 4 is 29.3 Å². The van der Waals surface area contributed by atoms with Crippen LogP contribution in [0.5, 0.6) is 0 Å². The summed E-state index contributed by atoms with van der Waals surface area (Å²) in [6, 6.07) is 9.36. The molecule has 0 saturated heterocycles. The number of aryl methyl sites for hydroxylation is 1. The van der Waals surface area contributed by atoms with E-state index < -0.39 is 0 Å². The second-order valence-corrected chi connectivity index (χ2v) is 7.50. The molecule has 0 saturated carbocycles. The number of halogens is 1. The average molecular weight is 405 g/mol. The molecular formula is C19H21ClN4O2S. The molecule has 0 aliphatic carbocycles. The Labute approximate surface area is 167 Å². The standard InChI is InChI=1S/C19H21ClN4O2S/c1-4-16(13-5-7-14(20)8-6-13)21-17(25)11-27-19-23-22-18(24(19)3)15-9-10-26-12(15)2/h5-10,16H,4,11H2,1-3H3,(H,21,25). The molecule has 0 radical (unpaired) electrons. The molecule has 1 atom stereocenters. The first-order valence-electron chi connectivity index (χ1n) is 8.61. The number of rotatable bonds is 7. The van der Waals surface area contributed by atoms with E-state index in [9.17, 15) is 4.79 Å². The third-order valence-corrected chi connectivity index (χ3v) is 5.56. The van der Waals surface area contributed by atoms with Gasteiger partial charge in [0.2, 0.25) is 5.91 Å². The third-order valence-electron chi connectivity index (χ3n) is 4.28. The van der Waals surface area contributed by atoms with Crippen molar-refractivity contribution in [2.45, 2.75) is 31.5 Å². The zero-order valence-corrected chi connectivity index (χ0v) is 17.0. The lowest BCUT2D eigenvalue weighted by atomic mass is 10.0. The lowest BCUT2D eigenvalue weighted by molar-refractivity contribution is -0.119. The average Bonchev–Trinajstić information content (AvgIpc) is 3.24. The monoisotopic (exact) mass is 404 g/mol. The molecule has 1 aromatic carbocycles. The molecular weight excluding hydrogens is 384 g/mol. The maximum Gasteiger partial charge on any atom is 0.230 e. The summed E-state index contributed by atoms with van der Waals surface area (Å²) >= 11 is 7.29. The van der Waals surface area contributed by atoms with Gasteiger partial charge in [0.1, 0.15) is 5.76 Å². The van der Waals surface area contributed by atoms with E-state index in [1.807, 2.05) is 55.8 Å². The Morgan fingerprint density at radius 3 is 2.67 bits per heavy atom. The number of hydrogen-bond acceptors (Lipinski definition) is 5. The highest BCUT2D eigenvalue weighted by molar-refractivity contribution is 7.99. The molecule has 8 heteroatoms. The van der Waals surface area contributed by atoms with E-state index >= 15 is 0 Å². The number of hydrogen-bond donors (Lipinski definition) is 1. The van der Waals surface area contributed by atoms with Gasteiger partial charge in [-0.3, -0.25) is 4.79 Å². The predicted octanol–water partition coefficient (Wildman–Crippen LogP) is 4.40. The molecule has 0 spiro atoms. The summed E-state index contributed by atoms with van der Waals surface area (Å²) < 4.78 is 7.19. The first-order valence-corrected chi connectivity index (χ1v) is 9.97. The lowest BCUT2D eigenvalue weighted by Crippen LogP contribution is -2.29. The van der Waals surface area contributed by atoms with Crippen LogP contribution in [0, 0.1) is 6.92 Å². The van der Waals surface area contributed by atoms with Crippen LogP contribution in [-0.2, 0) is 11.8 Å². The Morgan fingerprint density at radius 2 is 2.04 bits per heavy atom. The quantitative estimate of drug-likeness (QED) is 0.591. The number of carbonyl (C=O) groups is 1. The van der Waals surface area contributed by atoms with Gasteiger partial charge < -0.3 is 14.3 Å². The van der Waals surface area contributed by atoms with Gasteiger partial charge >= 0.3 is 0 Å². The van der Waals surface area contributed by atoms with E-state index in [0.29, 0.717) is 10.2 Å². The van der Waals surface area contributed by atoms with E-state index in [1.54, 1.807) is 6.26 Å². The van der Waals surface area contributed by atoms with Crippen molar-refractivity contribution in [3.05, 3.63) is 52.9 Å². The fourth-order valence-corrected chi connectivity index (χ4v) is 3.62. The number of thioether (sulfide) groups is 1. The van der Waals surface area contributed by atoms with Crippen LogP contribution in [0.2, 0.25) is 5.02 Å². The Balaban J connectivity index is 1.61. The van der Waals surface area contributed by atoms with Crippen molar-refractivity contribution in [3.8, 4) is 11.4 Å². The molecule has 142 valence electrons. The molecule has 0 bridgehead atoms. The van der Waals surface area contributed by atoms with Crippen LogP contribution < -0.4 is 5.32 Å². The van der Waals surface area contributed by atoms with E-state index in [0.717, 1.165) is 29.1 Å². The number of aromatic nitrogens is 3. The zero-order chi connectivity index (χ0) is 19.4. The maximum absolute atomic E-state index is 12.4. The number of carbonyl (C=O) groups excluding carboxylic acids is 1. The number of furan rings is 1. The molecule has 3 rings (SSSR count). The van der Waals surface area contributed by atoms with Gasteiger partial charge in [0.15, 0.2) is 11.0 Å². The molecule has 6 nitrogen and oxygen atoms in total. The smallest absolute Gasteiger partial charge is 0.230 e. The molecule has 2 heterocycles. The van der Waals surface area contributed by atoms with Crippen LogP contribution in [0.3, 0.4) is 0 Å². The van der Waals surface area contributed by atoms with Gasteiger partial charge in [-0.05, 0) is 37.1 Å². The van der Waals surface area contributed by atoms with Crippen LogP contribution in [0.1, 0.15) is 30.7 Å². The minimum absolute atomic E-state index is 0.0426. The second-order valence-electron chi connectivity index (χ2n) is 6.12. The second kappa shape index (κ2) is 8.63. The third kappa shape index (κ3) is 4.54.